The van der Waals surface area contributed by atoms with Gasteiger partial charge in [-0.2, -0.15) is 0 Å². The van der Waals surface area contributed by atoms with Crippen molar-refractivity contribution in [2.75, 3.05) is 5.32 Å². The lowest BCUT2D eigenvalue weighted by Gasteiger charge is -2.20. The molecule has 26 heavy (non-hydrogen) atoms. The highest BCUT2D eigenvalue weighted by molar-refractivity contribution is 6.11. The molecule has 0 bridgehead atoms. The van der Waals surface area contributed by atoms with Gasteiger partial charge in [-0.05, 0) is 65.0 Å². The lowest BCUT2D eigenvalue weighted by atomic mass is 10.0. The summed E-state index contributed by atoms with van der Waals surface area (Å²) >= 11 is 0. The minimum atomic E-state index is -0.671. The molecule has 0 unspecified atom stereocenters. The number of aromatic nitrogens is 1. The third-order valence-electron chi connectivity index (χ3n) is 3.28. The first kappa shape index (κ1) is 19.2. The molecule has 2 aromatic rings. The molecule has 1 aromatic carbocycles. The van der Waals surface area contributed by atoms with Crippen LogP contribution in [0.1, 0.15) is 59.7 Å². The molecule has 0 saturated carbocycles. The number of esters is 1. The number of benzene rings is 1. The molecule has 5 heteroatoms. The third-order valence-corrected chi connectivity index (χ3v) is 3.28. The van der Waals surface area contributed by atoms with Gasteiger partial charge in [0, 0.05) is 11.3 Å². The van der Waals surface area contributed by atoms with Gasteiger partial charge in [0.25, 0.3) is 5.91 Å². The minimum Gasteiger partial charge on any atom is -0.456 e. The zero-order valence-corrected chi connectivity index (χ0v) is 15.6. The van der Waals surface area contributed by atoms with Crippen molar-refractivity contribution < 1.29 is 14.3 Å². The van der Waals surface area contributed by atoms with Crippen molar-refractivity contribution in [2.24, 2.45) is 0 Å². The van der Waals surface area contributed by atoms with Crippen molar-refractivity contribution in [3.05, 3.63) is 58.8 Å². The SMILES string of the molecule is CC#Cc1ccc(C(=O)Nc2cccc(C)n2)c(C(=O)OC(C)(C)C)c1. The Balaban J connectivity index is 2.40. The number of nitrogens with one attached hydrogen (secondary N) is 1. The van der Waals surface area contributed by atoms with E-state index >= 15 is 0 Å². The molecule has 0 aliphatic rings. The number of nitrogens with zero attached hydrogens (tertiary/aromatic N) is 1. The van der Waals surface area contributed by atoms with Crippen LogP contribution in [0.25, 0.3) is 0 Å². The summed E-state index contributed by atoms with van der Waals surface area (Å²) in [5.74, 6) is 5.09. The van der Waals surface area contributed by atoms with Gasteiger partial charge >= 0.3 is 5.97 Å². The zero-order chi connectivity index (χ0) is 19.3. The minimum absolute atomic E-state index is 0.172. The van der Waals surface area contributed by atoms with Crippen LogP contribution < -0.4 is 5.32 Å². The van der Waals surface area contributed by atoms with Gasteiger partial charge in [-0.15, -0.1) is 5.92 Å². The maximum absolute atomic E-state index is 12.7. The third kappa shape index (κ3) is 5.18. The summed E-state index contributed by atoms with van der Waals surface area (Å²) in [6.07, 6.45) is 0. The molecule has 0 spiro atoms. The van der Waals surface area contributed by atoms with E-state index in [1.807, 2.05) is 13.0 Å². The number of amides is 1. The lowest BCUT2D eigenvalue weighted by molar-refractivity contribution is 0.00678. The molecular formula is C21H22N2O3. The number of hydrogen-bond donors (Lipinski definition) is 1. The van der Waals surface area contributed by atoms with Crippen LogP contribution in [0.5, 0.6) is 0 Å². The largest absolute Gasteiger partial charge is 0.456 e. The molecule has 1 amide bonds. The second kappa shape index (κ2) is 7.83. The first-order chi connectivity index (χ1) is 12.2. The molecular weight excluding hydrogens is 328 g/mol. The number of ether oxygens (including phenoxy) is 1. The van der Waals surface area contributed by atoms with E-state index in [1.165, 1.54) is 0 Å². The van der Waals surface area contributed by atoms with E-state index in [0.29, 0.717) is 11.4 Å². The molecule has 0 fully saturated rings. The number of hydrogen-bond acceptors (Lipinski definition) is 4. The average Bonchev–Trinajstić information content (AvgIpc) is 2.53. The Bertz CT molecular complexity index is 899. The Kier molecular flexibility index (Phi) is 5.78. The highest BCUT2D eigenvalue weighted by Gasteiger charge is 2.23. The number of anilines is 1. The van der Waals surface area contributed by atoms with Crippen molar-refractivity contribution >= 4 is 17.7 Å². The second-order valence-electron chi connectivity index (χ2n) is 6.76. The number of pyridine rings is 1. The second-order valence-corrected chi connectivity index (χ2v) is 6.76. The molecule has 0 atom stereocenters. The van der Waals surface area contributed by atoms with E-state index in [0.717, 1.165) is 5.69 Å². The van der Waals surface area contributed by atoms with E-state index in [2.05, 4.69) is 22.1 Å². The van der Waals surface area contributed by atoms with Gasteiger partial charge < -0.3 is 10.1 Å². The molecule has 0 aliphatic heterocycles. The molecule has 5 nitrogen and oxygen atoms in total. The molecule has 2 rings (SSSR count). The van der Waals surface area contributed by atoms with Crippen LogP contribution in [0.2, 0.25) is 0 Å². The van der Waals surface area contributed by atoms with Crippen molar-refractivity contribution in [1.29, 1.82) is 0 Å². The van der Waals surface area contributed by atoms with Crippen LogP contribution in [0, 0.1) is 18.8 Å². The normalized spacial score (nSPS) is 10.5. The molecule has 134 valence electrons. The van der Waals surface area contributed by atoms with E-state index in [-0.39, 0.29) is 11.1 Å². The number of carbonyl (C=O) groups is 2. The Morgan fingerprint density at radius 3 is 2.46 bits per heavy atom. The van der Waals surface area contributed by atoms with Crippen LogP contribution in [0.15, 0.2) is 36.4 Å². The van der Waals surface area contributed by atoms with Gasteiger partial charge in [-0.25, -0.2) is 9.78 Å². The summed E-state index contributed by atoms with van der Waals surface area (Å²) in [4.78, 5) is 29.5. The van der Waals surface area contributed by atoms with Crippen LogP contribution in [0.3, 0.4) is 0 Å². The number of carbonyl (C=O) groups excluding carboxylic acids is 2. The Morgan fingerprint density at radius 1 is 1.12 bits per heavy atom. The van der Waals surface area contributed by atoms with Crippen LogP contribution >= 0.6 is 0 Å². The van der Waals surface area contributed by atoms with Crippen molar-refractivity contribution in [1.82, 2.24) is 4.98 Å². The van der Waals surface area contributed by atoms with Crippen LogP contribution in [-0.4, -0.2) is 22.5 Å². The van der Waals surface area contributed by atoms with Crippen LogP contribution in [-0.2, 0) is 4.74 Å². The molecule has 1 aromatic heterocycles. The predicted octanol–water partition coefficient (Wildman–Crippen LogP) is 3.97. The van der Waals surface area contributed by atoms with Crippen LogP contribution in [0.4, 0.5) is 5.82 Å². The van der Waals surface area contributed by atoms with E-state index in [9.17, 15) is 9.59 Å². The van der Waals surface area contributed by atoms with Gasteiger partial charge in [0.15, 0.2) is 0 Å². The van der Waals surface area contributed by atoms with Crippen molar-refractivity contribution in [2.45, 2.75) is 40.2 Å². The predicted molar refractivity (Wildman–Crippen MR) is 101 cm³/mol. The molecule has 1 heterocycles. The highest BCUT2D eigenvalue weighted by Crippen LogP contribution is 2.19. The summed E-state index contributed by atoms with van der Waals surface area (Å²) in [7, 11) is 0. The van der Waals surface area contributed by atoms with Crippen molar-refractivity contribution in [3.8, 4) is 11.8 Å². The molecule has 1 N–H and O–H groups in total. The monoisotopic (exact) mass is 350 g/mol. The molecule has 0 aliphatic carbocycles. The maximum Gasteiger partial charge on any atom is 0.339 e. The average molecular weight is 350 g/mol. The first-order valence-electron chi connectivity index (χ1n) is 8.25. The molecule has 0 saturated heterocycles. The van der Waals surface area contributed by atoms with E-state index in [4.69, 9.17) is 4.74 Å². The van der Waals surface area contributed by atoms with Gasteiger partial charge in [0.2, 0.25) is 0 Å². The summed E-state index contributed by atoms with van der Waals surface area (Å²) < 4.78 is 5.43. The van der Waals surface area contributed by atoms with E-state index in [1.54, 1.807) is 58.0 Å². The summed E-state index contributed by atoms with van der Waals surface area (Å²) in [5, 5.41) is 2.71. The van der Waals surface area contributed by atoms with Gasteiger partial charge in [-0.3, -0.25) is 4.79 Å². The van der Waals surface area contributed by atoms with Crippen molar-refractivity contribution in [3.63, 3.8) is 0 Å². The standard InChI is InChI=1S/C21H22N2O3/c1-6-8-15-11-12-16(17(13-15)20(25)26-21(3,4)5)19(24)23-18-10-7-9-14(2)22-18/h7,9-13H,1-5H3,(H,22,23,24). The zero-order valence-electron chi connectivity index (χ0n) is 15.6. The summed E-state index contributed by atoms with van der Waals surface area (Å²) in [6.45, 7) is 8.86. The van der Waals surface area contributed by atoms with Gasteiger partial charge in [0.1, 0.15) is 11.4 Å². The Labute approximate surface area is 153 Å². The fourth-order valence-electron chi connectivity index (χ4n) is 2.26. The quantitative estimate of drug-likeness (QED) is 0.672. The Morgan fingerprint density at radius 2 is 1.85 bits per heavy atom. The van der Waals surface area contributed by atoms with E-state index < -0.39 is 17.5 Å². The lowest BCUT2D eigenvalue weighted by Crippen LogP contribution is -2.26. The maximum atomic E-state index is 12.7. The summed E-state index contributed by atoms with van der Waals surface area (Å²) in [6, 6.07) is 10.2. The summed E-state index contributed by atoms with van der Waals surface area (Å²) in [5.41, 5.74) is 1.13. The molecule has 0 radical (unpaired) electrons. The number of rotatable bonds is 3. The smallest absolute Gasteiger partial charge is 0.339 e. The van der Waals surface area contributed by atoms with Gasteiger partial charge in [-0.1, -0.05) is 12.0 Å². The fourth-order valence-corrected chi connectivity index (χ4v) is 2.26. The Hall–Kier alpha value is -3.13. The van der Waals surface area contributed by atoms with Gasteiger partial charge in [0.05, 0.1) is 11.1 Å². The first-order valence-corrected chi connectivity index (χ1v) is 8.25. The highest BCUT2D eigenvalue weighted by atomic mass is 16.6. The number of aryl methyl sites for hydroxylation is 1. The topological polar surface area (TPSA) is 68.3 Å². The fraction of sp³-hybridized carbons (Fsp3) is 0.286.